The number of rotatable bonds is 13. The Hall–Kier alpha value is -1.59. The van der Waals surface area contributed by atoms with Crippen LogP contribution in [0.5, 0.6) is 0 Å². The Balaban J connectivity index is 2.60. The second-order valence-corrected chi connectivity index (χ2v) is 7.02. The van der Waals surface area contributed by atoms with Crippen LogP contribution in [-0.4, -0.2) is 48.8 Å². The number of nitrogens with one attached hydrogen (secondary N) is 2. The second kappa shape index (κ2) is 14.5. The van der Waals surface area contributed by atoms with Gasteiger partial charge in [-0.3, -0.25) is 4.90 Å². The molecule has 0 fully saturated rings. The Morgan fingerprint density at radius 1 is 1.00 bits per heavy atom. The minimum atomic E-state index is 0.250. The van der Waals surface area contributed by atoms with Crippen LogP contribution in [-0.2, 0) is 13.1 Å². The lowest BCUT2D eigenvalue weighted by Crippen LogP contribution is -2.40. The van der Waals surface area contributed by atoms with Crippen LogP contribution in [0.4, 0.5) is 0 Å². The van der Waals surface area contributed by atoms with Crippen molar-refractivity contribution in [1.29, 1.82) is 0 Å². The first-order valence-corrected chi connectivity index (χ1v) is 10.6. The zero-order valence-electron chi connectivity index (χ0n) is 17.8. The quantitative estimate of drug-likeness (QED) is 0.365. The minimum Gasteiger partial charge on any atom is -0.396 e. The van der Waals surface area contributed by atoms with Crippen LogP contribution in [0, 0.1) is 5.92 Å². The predicted octanol–water partition coefficient (Wildman–Crippen LogP) is 3.38. The van der Waals surface area contributed by atoms with E-state index in [-0.39, 0.29) is 6.61 Å². The van der Waals surface area contributed by atoms with Crippen LogP contribution in [0.25, 0.3) is 0 Å². The van der Waals surface area contributed by atoms with Crippen molar-refractivity contribution in [2.24, 2.45) is 10.9 Å². The third kappa shape index (κ3) is 9.78. The van der Waals surface area contributed by atoms with Crippen molar-refractivity contribution in [2.75, 3.05) is 32.8 Å². The molecule has 0 saturated heterocycles. The number of guanidine groups is 1. The molecule has 0 amide bonds. The van der Waals surface area contributed by atoms with Gasteiger partial charge >= 0.3 is 0 Å². The fourth-order valence-electron chi connectivity index (χ4n) is 3.15. The monoisotopic (exact) mass is 376 g/mol. The molecule has 3 N–H and O–H groups in total. The highest BCUT2D eigenvalue weighted by molar-refractivity contribution is 5.79. The van der Waals surface area contributed by atoms with Crippen molar-refractivity contribution in [3.63, 3.8) is 0 Å². The summed E-state index contributed by atoms with van der Waals surface area (Å²) >= 11 is 0. The molecular formula is C22H40N4O. The highest BCUT2D eigenvalue weighted by Crippen LogP contribution is 2.10. The molecule has 1 aromatic rings. The van der Waals surface area contributed by atoms with Gasteiger partial charge in [0.2, 0.25) is 0 Å². The maximum absolute atomic E-state index is 9.22. The van der Waals surface area contributed by atoms with E-state index in [1.807, 2.05) is 0 Å². The van der Waals surface area contributed by atoms with E-state index in [0.29, 0.717) is 12.5 Å². The van der Waals surface area contributed by atoms with Gasteiger partial charge in [0.25, 0.3) is 0 Å². The molecule has 0 spiro atoms. The Bertz CT molecular complexity index is 506. The molecule has 5 nitrogen and oxygen atoms in total. The summed E-state index contributed by atoms with van der Waals surface area (Å²) in [6.07, 6.45) is 3.11. The summed E-state index contributed by atoms with van der Waals surface area (Å²) in [6.45, 7) is 14.4. The number of aliphatic imine (C=N–C) groups is 1. The fraction of sp³-hybridized carbons (Fsp3) is 0.682. The summed E-state index contributed by atoms with van der Waals surface area (Å²) in [5, 5.41) is 16.0. The van der Waals surface area contributed by atoms with Crippen molar-refractivity contribution in [3.8, 4) is 0 Å². The van der Waals surface area contributed by atoms with E-state index < -0.39 is 0 Å². The number of aliphatic hydroxyl groups excluding tert-OH is 1. The zero-order valence-corrected chi connectivity index (χ0v) is 17.8. The molecule has 0 aliphatic carbocycles. The summed E-state index contributed by atoms with van der Waals surface area (Å²) in [5.41, 5.74) is 2.57. The summed E-state index contributed by atoms with van der Waals surface area (Å²) < 4.78 is 0. The lowest BCUT2D eigenvalue weighted by molar-refractivity contribution is 0.251. The molecule has 5 heteroatoms. The molecule has 0 saturated carbocycles. The molecule has 154 valence electrons. The van der Waals surface area contributed by atoms with Gasteiger partial charge in [-0.25, -0.2) is 4.99 Å². The average molecular weight is 377 g/mol. The third-order valence-electron chi connectivity index (χ3n) is 4.88. The first-order chi connectivity index (χ1) is 13.2. The number of aliphatic hydroxyl groups is 1. The molecule has 0 aliphatic rings. The first-order valence-electron chi connectivity index (χ1n) is 10.6. The highest BCUT2D eigenvalue weighted by Gasteiger charge is 2.08. The molecule has 1 atom stereocenters. The average Bonchev–Trinajstić information content (AvgIpc) is 2.69. The van der Waals surface area contributed by atoms with Crippen molar-refractivity contribution >= 4 is 5.96 Å². The van der Waals surface area contributed by atoms with Gasteiger partial charge in [0, 0.05) is 26.2 Å². The predicted molar refractivity (Wildman–Crippen MR) is 116 cm³/mol. The maximum atomic E-state index is 9.22. The second-order valence-electron chi connectivity index (χ2n) is 7.02. The molecule has 0 aromatic heterocycles. The molecule has 1 aromatic carbocycles. The summed E-state index contributed by atoms with van der Waals surface area (Å²) in [5.74, 6) is 1.34. The van der Waals surface area contributed by atoms with Gasteiger partial charge in [0.15, 0.2) is 5.96 Å². The zero-order chi connectivity index (χ0) is 19.9. The molecule has 0 heterocycles. The summed E-state index contributed by atoms with van der Waals surface area (Å²) in [6, 6.07) is 8.78. The van der Waals surface area contributed by atoms with Crippen LogP contribution in [0.1, 0.15) is 58.1 Å². The third-order valence-corrected chi connectivity index (χ3v) is 4.88. The van der Waals surface area contributed by atoms with E-state index >= 15 is 0 Å². The maximum Gasteiger partial charge on any atom is 0.191 e. The van der Waals surface area contributed by atoms with Crippen LogP contribution in [0.2, 0.25) is 0 Å². The van der Waals surface area contributed by atoms with E-state index in [2.05, 4.69) is 67.5 Å². The van der Waals surface area contributed by atoms with E-state index in [1.165, 1.54) is 11.1 Å². The lowest BCUT2D eigenvalue weighted by atomic mass is 10.0. The molecule has 1 rings (SSSR count). The van der Waals surface area contributed by atoms with Gasteiger partial charge in [-0.15, -0.1) is 0 Å². The van der Waals surface area contributed by atoms with Crippen molar-refractivity contribution in [2.45, 2.75) is 60.0 Å². The standard InChI is InChI=1S/C22H40N4O/c1-5-9-19(14-15-27)16-24-22(23-6-2)25-17-20-10-12-21(13-11-20)18-26(7-3)8-4/h10-13,19,27H,5-9,14-18H2,1-4H3,(H2,23,24,25). The van der Waals surface area contributed by atoms with E-state index in [0.717, 1.165) is 57.9 Å². The molecule has 0 bridgehead atoms. The van der Waals surface area contributed by atoms with Gasteiger partial charge in [-0.2, -0.15) is 0 Å². The van der Waals surface area contributed by atoms with Gasteiger partial charge in [0.1, 0.15) is 0 Å². The van der Waals surface area contributed by atoms with Crippen molar-refractivity contribution in [3.05, 3.63) is 35.4 Å². The van der Waals surface area contributed by atoms with Crippen LogP contribution in [0.3, 0.4) is 0 Å². The number of hydrogen-bond donors (Lipinski definition) is 3. The minimum absolute atomic E-state index is 0.250. The molecule has 0 aliphatic heterocycles. The summed E-state index contributed by atoms with van der Waals surface area (Å²) in [7, 11) is 0. The topological polar surface area (TPSA) is 59.9 Å². The van der Waals surface area contributed by atoms with Gasteiger partial charge in [-0.05, 0) is 49.9 Å². The van der Waals surface area contributed by atoms with Crippen molar-refractivity contribution < 1.29 is 5.11 Å². The van der Waals surface area contributed by atoms with Crippen LogP contribution in [0.15, 0.2) is 29.3 Å². The van der Waals surface area contributed by atoms with E-state index in [4.69, 9.17) is 4.99 Å². The summed E-state index contributed by atoms with van der Waals surface area (Å²) in [4.78, 5) is 7.14. The largest absolute Gasteiger partial charge is 0.396 e. The molecule has 1 unspecified atom stereocenters. The number of hydrogen-bond acceptors (Lipinski definition) is 3. The molecule has 0 radical (unpaired) electrons. The van der Waals surface area contributed by atoms with Gasteiger partial charge < -0.3 is 15.7 Å². The van der Waals surface area contributed by atoms with Crippen LogP contribution >= 0.6 is 0 Å². The van der Waals surface area contributed by atoms with Gasteiger partial charge in [-0.1, -0.05) is 51.5 Å². The van der Waals surface area contributed by atoms with Crippen molar-refractivity contribution in [1.82, 2.24) is 15.5 Å². The normalized spacial score (nSPS) is 13.0. The highest BCUT2D eigenvalue weighted by atomic mass is 16.3. The Morgan fingerprint density at radius 3 is 2.22 bits per heavy atom. The van der Waals surface area contributed by atoms with E-state index in [1.54, 1.807) is 0 Å². The van der Waals surface area contributed by atoms with E-state index in [9.17, 15) is 5.11 Å². The Kier molecular flexibility index (Phi) is 12.6. The van der Waals surface area contributed by atoms with Gasteiger partial charge in [0.05, 0.1) is 6.54 Å². The number of nitrogens with zero attached hydrogens (tertiary/aromatic N) is 2. The number of benzene rings is 1. The lowest BCUT2D eigenvalue weighted by Gasteiger charge is -2.18. The fourth-order valence-corrected chi connectivity index (χ4v) is 3.15. The molecular weight excluding hydrogens is 336 g/mol. The Labute approximate surface area is 166 Å². The first kappa shape index (κ1) is 23.4. The Morgan fingerprint density at radius 2 is 1.67 bits per heavy atom. The SMILES string of the molecule is CCCC(CCO)CNC(=NCc1ccc(CN(CC)CC)cc1)NCC. The smallest absolute Gasteiger partial charge is 0.191 e. The molecule has 27 heavy (non-hydrogen) atoms. The van der Waals surface area contributed by atoms with Crippen LogP contribution < -0.4 is 10.6 Å².